The summed E-state index contributed by atoms with van der Waals surface area (Å²) >= 11 is 7.69. The zero-order valence-electron chi connectivity index (χ0n) is 20.3. The van der Waals surface area contributed by atoms with E-state index >= 15 is 0 Å². The summed E-state index contributed by atoms with van der Waals surface area (Å²) in [7, 11) is 0. The molecule has 7 nitrogen and oxygen atoms in total. The number of halogens is 5. The number of furan rings is 1. The van der Waals surface area contributed by atoms with Crippen molar-refractivity contribution >= 4 is 59.8 Å². The van der Waals surface area contributed by atoms with E-state index in [1.807, 2.05) is 0 Å². The highest BCUT2D eigenvalue weighted by Crippen LogP contribution is 2.44. The molecule has 1 aliphatic carbocycles. The van der Waals surface area contributed by atoms with Crippen molar-refractivity contribution in [3.8, 4) is 17.5 Å². The third-order valence-corrected chi connectivity index (χ3v) is 9.02. The lowest BCUT2D eigenvalue weighted by molar-refractivity contribution is -0.142. The van der Waals surface area contributed by atoms with E-state index in [1.54, 1.807) is 0 Å². The van der Waals surface area contributed by atoms with Crippen LogP contribution in [0, 0.1) is 22.7 Å². The van der Waals surface area contributed by atoms with Gasteiger partial charge in [-0.3, -0.25) is 4.79 Å². The first kappa shape index (κ1) is 26.9. The number of aromatic nitrogens is 3. The van der Waals surface area contributed by atoms with Crippen LogP contribution in [-0.2, 0) is 19.0 Å². The molecule has 4 aromatic rings. The number of thiophene rings is 1. The van der Waals surface area contributed by atoms with Crippen molar-refractivity contribution in [1.29, 1.82) is 5.26 Å². The van der Waals surface area contributed by atoms with Crippen molar-refractivity contribution in [1.82, 2.24) is 14.6 Å². The first-order valence-electron chi connectivity index (χ1n) is 11.6. The highest BCUT2D eigenvalue weighted by molar-refractivity contribution is 9.10. The molecular weight excluding hydrogens is 651 g/mol. The van der Waals surface area contributed by atoms with E-state index < -0.39 is 17.8 Å². The molecule has 0 saturated heterocycles. The van der Waals surface area contributed by atoms with Crippen molar-refractivity contribution in [2.75, 3.05) is 5.32 Å². The maximum atomic E-state index is 14.0. The predicted molar refractivity (Wildman–Crippen MR) is 143 cm³/mol. The quantitative estimate of drug-likeness (QED) is 0.239. The van der Waals surface area contributed by atoms with Gasteiger partial charge in [-0.25, -0.2) is 9.50 Å². The molecule has 0 bridgehead atoms. The number of nitrogens with zero attached hydrogens (tertiary/aromatic N) is 4. The lowest BCUT2D eigenvalue weighted by Crippen LogP contribution is -2.26. The number of rotatable bonds is 3. The van der Waals surface area contributed by atoms with Gasteiger partial charge >= 0.3 is 6.18 Å². The van der Waals surface area contributed by atoms with Crippen LogP contribution >= 0.6 is 43.2 Å². The molecule has 13 heteroatoms. The van der Waals surface area contributed by atoms with E-state index in [4.69, 9.17) is 4.42 Å². The maximum absolute atomic E-state index is 14.0. The molecule has 5 rings (SSSR count). The van der Waals surface area contributed by atoms with Gasteiger partial charge in [0.25, 0.3) is 5.91 Å². The molecule has 0 fully saturated rings. The second-order valence-corrected chi connectivity index (χ2v) is 12.8. The first-order chi connectivity index (χ1) is 17.8. The number of hydrogen-bond donors (Lipinski definition) is 1. The molecule has 198 valence electrons. The molecule has 1 atom stereocenters. The molecule has 1 aliphatic rings. The van der Waals surface area contributed by atoms with Gasteiger partial charge in [-0.15, -0.1) is 11.3 Å². The molecular formula is C25H20Br2F3N5O2S. The molecule has 1 N–H and O–H groups in total. The minimum absolute atomic E-state index is 0.0133. The monoisotopic (exact) mass is 669 g/mol. The number of nitriles is 1. The Morgan fingerprint density at radius 1 is 1.29 bits per heavy atom. The third kappa shape index (κ3) is 4.78. The highest BCUT2D eigenvalue weighted by atomic mass is 79.9. The average Bonchev–Trinajstić information content (AvgIpc) is 3.51. The van der Waals surface area contributed by atoms with Gasteiger partial charge in [0.2, 0.25) is 0 Å². The van der Waals surface area contributed by atoms with E-state index in [-0.39, 0.29) is 32.7 Å². The SMILES string of the molecule is CC(C)(C)[C@@H]1CCc2c(sc(NC(=O)c3nn4c(C(F)(F)F)cc(-c5ccc(Br)o5)nc4c3Br)c2C#N)C1. The van der Waals surface area contributed by atoms with Crippen molar-refractivity contribution < 1.29 is 22.4 Å². The Labute approximate surface area is 236 Å². The zero-order chi connectivity index (χ0) is 27.6. The standard InChI is InChI=1S/C25H20Br2F3N5O2S/c1-24(2,3)11-4-5-12-13(10-31)23(38-16(12)8-11)33-22(36)20-19(27)21-32-14(15-6-7-18(26)37-15)9-17(25(28,29)30)35(21)34-20/h6-7,9,11H,4-5,8H2,1-3H3,(H,33,36)/t11-/m1/s1. The van der Waals surface area contributed by atoms with Crippen LogP contribution < -0.4 is 5.32 Å². The van der Waals surface area contributed by atoms with Gasteiger partial charge in [0.05, 0.1) is 10.0 Å². The first-order valence-corrected chi connectivity index (χ1v) is 14.0. The molecule has 4 aromatic heterocycles. The Morgan fingerprint density at radius 3 is 2.63 bits per heavy atom. The molecule has 0 spiro atoms. The van der Waals surface area contributed by atoms with Gasteiger partial charge in [0.15, 0.2) is 27.5 Å². The van der Waals surface area contributed by atoms with Crippen LogP contribution in [0.3, 0.4) is 0 Å². The Balaban J connectivity index is 1.54. The van der Waals surface area contributed by atoms with Crippen LogP contribution in [0.2, 0.25) is 0 Å². The maximum Gasteiger partial charge on any atom is 0.433 e. The zero-order valence-corrected chi connectivity index (χ0v) is 24.3. The lowest BCUT2D eigenvalue weighted by atomic mass is 9.72. The van der Waals surface area contributed by atoms with Crippen molar-refractivity contribution in [3.05, 3.63) is 54.7 Å². The number of alkyl halides is 3. The van der Waals surface area contributed by atoms with E-state index in [1.165, 1.54) is 23.5 Å². The molecule has 0 unspecified atom stereocenters. The summed E-state index contributed by atoms with van der Waals surface area (Å²) in [4.78, 5) is 18.6. The van der Waals surface area contributed by atoms with Gasteiger partial charge in [0.1, 0.15) is 16.8 Å². The number of anilines is 1. The summed E-state index contributed by atoms with van der Waals surface area (Å²) < 4.78 is 48.2. The number of carbonyl (C=O) groups is 1. The summed E-state index contributed by atoms with van der Waals surface area (Å²) in [5.74, 6) is -0.201. The van der Waals surface area contributed by atoms with Gasteiger partial charge in [-0.1, -0.05) is 20.8 Å². The molecule has 0 aromatic carbocycles. The fraction of sp³-hybridized carbons (Fsp3) is 0.360. The van der Waals surface area contributed by atoms with Crippen LogP contribution in [0.5, 0.6) is 0 Å². The number of hydrogen-bond acceptors (Lipinski definition) is 6. The Bertz CT molecular complexity index is 1620. The van der Waals surface area contributed by atoms with E-state index in [0.717, 1.165) is 35.8 Å². The van der Waals surface area contributed by atoms with Crippen molar-refractivity contribution in [2.45, 2.75) is 46.2 Å². The van der Waals surface area contributed by atoms with Gasteiger partial charge < -0.3 is 9.73 Å². The minimum Gasteiger partial charge on any atom is -0.448 e. The van der Waals surface area contributed by atoms with Crippen LogP contribution in [-0.4, -0.2) is 20.5 Å². The number of nitrogens with one attached hydrogen (secondary N) is 1. The van der Waals surface area contributed by atoms with Crippen LogP contribution in [0.25, 0.3) is 17.1 Å². The van der Waals surface area contributed by atoms with E-state index in [0.29, 0.717) is 25.7 Å². The molecule has 4 heterocycles. The molecule has 38 heavy (non-hydrogen) atoms. The molecule has 0 aliphatic heterocycles. The predicted octanol–water partition coefficient (Wildman–Crippen LogP) is 7.87. The van der Waals surface area contributed by atoms with Crippen molar-refractivity contribution in [2.24, 2.45) is 11.3 Å². The summed E-state index contributed by atoms with van der Waals surface area (Å²) in [5, 5.41) is 16.9. The third-order valence-electron chi connectivity index (χ3n) is 6.69. The average molecular weight is 671 g/mol. The smallest absolute Gasteiger partial charge is 0.433 e. The van der Waals surface area contributed by atoms with Crippen LogP contribution in [0.1, 0.15) is 59.4 Å². The Kier molecular flexibility index (Phi) is 6.72. The molecule has 0 saturated carbocycles. The van der Waals surface area contributed by atoms with Crippen LogP contribution in [0.4, 0.5) is 18.2 Å². The van der Waals surface area contributed by atoms with E-state index in [2.05, 4.69) is 74.1 Å². The normalized spacial score (nSPS) is 15.9. The van der Waals surface area contributed by atoms with Gasteiger partial charge in [0, 0.05) is 4.88 Å². The van der Waals surface area contributed by atoms with Crippen molar-refractivity contribution in [3.63, 3.8) is 0 Å². The van der Waals surface area contributed by atoms with Crippen LogP contribution in [0.15, 0.2) is 31.8 Å². The molecule has 0 radical (unpaired) electrons. The summed E-state index contributed by atoms with van der Waals surface area (Å²) in [6.45, 7) is 6.55. The largest absolute Gasteiger partial charge is 0.448 e. The molecule has 1 amide bonds. The second kappa shape index (κ2) is 9.50. The van der Waals surface area contributed by atoms with Gasteiger partial charge in [-0.05, 0) is 86.2 Å². The van der Waals surface area contributed by atoms with E-state index in [9.17, 15) is 23.2 Å². The fourth-order valence-corrected chi connectivity index (χ4v) is 6.71. The number of amides is 1. The highest BCUT2D eigenvalue weighted by Gasteiger charge is 2.37. The Morgan fingerprint density at radius 2 is 2.03 bits per heavy atom. The fourth-order valence-electron chi connectivity index (χ4n) is 4.61. The Hall–Kier alpha value is -2.69. The summed E-state index contributed by atoms with van der Waals surface area (Å²) in [6.07, 6.45) is -2.32. The minimum atomic E-state index is -4.79. The van der Waals surface area contributed by atoms with Gasteiger partial charge in [-0.2, -0.15) is 23.5 Å². The summed E-state index contributed by atoms with van der Waals surface area (Å²) in [5.41, 5.74) is -0.262. The topological polar surface area (TPSA) is 96.2 Å². The summed E-state index contributed by atoms with van der Waals surface area (Å²) in [6, 6.07) is 6.02. The second-order valence-electron chi connectivity index (χ2n) is 10.1. The number of carbonyl (C=O) groups excluding carboxylic acids is 1. The number of fused-ring (bicyclic) bond motifs is 2. The lowest BCUT2D eigenvalue weighted by Gasteiger charge is -2.33.